The Morgan fingerprint density at radius 3 is 2.57 bits per heavy atom. The van der Waals surface area contributed by atoms with Crippen molar-refractivity contribution < 1.29 is 13.2 Å². The van der Waals surface area contributed by atoms with Crippen LogP contribution in [0.5, 0.6) is 0 Å². The third kappa shape index (κ3) is 3.49. The van der Waals surface area contributed by atoms with Crippen molar-refractivity contribution in [2.75, 3.05) is 13.1 Å². The van der Waals surface area contributed by atoms with Crippen LogP contribution in [-0.2, 0) is 12.7 Å². The molecule has 1 aliphatic rings. The van der Waals surface area contributed by atoms with Gasteiger partial charge in [0.15, 0.2) is 11.3 Å². The number of aromatic nitrogens is 4. The average Bonchev–Trinajstić information content (AvgIpc) is 2.70. The second-order valence-corrected chi connectivity index (χ2v) is 6.77. The third-order valence-corrected chi connectivity index (χ3v) is 4.98. The molecule has 0 amide bonds. The summed E-state index contributed by atoms with van der Waals surface area (Å²) in [6, 6.07) is 5.25. The third-order valence-electron chi connectivity index (χ3n) is 4.98. The largest absolute Gasteiger partial charge is 0.416 e. The number of piperidine rings is 1. The van der Waals surface area contributed by atoms with Gasteiger partial charge in [-0.15, -0.1) is 0 Å². The fourth-order valence-corrected chi connectivity index (χ4v) is 3.60. The van der Waals surface area contributed by atoms with E-state index in [0.717, 1.165) is 32.0 Å². The molecule has 0 bridgehead atoms. The molecule has 1 N–H and O–H groups in total. The van der Waals surface area contributed by atoms with Gasteiger partial charge in [-0.2, -0.15) is 13.2 Å². The minimum absolute atomic E-state index is 0.00603. The molecule has 0 atom stereocenters. The smallest absolute Gasteiger partial charge is 0.317 e. The van der Waals surface area contributed by atoms with E-state index >= 15 is 0 Å². The van der Waals surface area contributed by atoms with E-state index in [-0.39, 0.29) is 29.3 Å². The van der Waals surface area contributed by atoms with Crippen LogP contribution in [0.2, 0.25) is 0 Å². The van der Waals surface area contributed by atoms with E-state index in [0.29, 0.717) is 5.69 Å². The van der Waals surface area contributed by atoms with Crippen LogP contribution in [0.25, 0.3) is 11.3 Å². The van der Waals surface area contributed by atoms with E-state index in [4.69, 9.17) is 0 Å². The van der Waals surface area contributed by atoms with Crippen LogP contribution in [-0.4, -0.2) is 32.6 Å². The summed E-state index contributed by atoms with van der Waals surface area (Å²) >= 11 is 0. The van der Waals surface area contributed by atoms with Gasteiger partial charge >= 0.3 is 6.18 Å². The predicted molar refractivity (Wildman–Crippen MR) is 97.0 cm³/mol. The van der Waals surface area contributed by atoms with Gasteiger partial charge in [0.2, 0.25) is 0 Å². The van der Waals surface area contributed by atoms with E-state index in [2.05, 4.69) is 20.3 Å². The number of halogens is 3. The molecule has 4 rings (SSSR count). The van der Waals surface area contributed by atoms with Gasteiger partial charge < -0.3 is 5.32 Å². The molecule has 28 heavy (non-hydrogen) atoms. The summed E-state index contributed by atoms with van der Waals surface area (Å²) in [6.45, 7) is 1.28. The number of hydrogen-bond donors (Lipinski definition) is 1. The van der Waals surface area contributed by atoms with Crippen molar-refractivity contribution in [1.82, 2.24) is 24.8 Å². The summed E-state index contributed by atoms with van der Waals surface area (Å²) in [5, 5.41) is 3.23. The van der Waals surface area contributed by atoms with Gasteiger partial charge in [-0.1, -0.05) is 18.2 Å². The first-order valence-corrected chi connectivity index (χ1v) is 9.02. The molecule has 0 spiro atoms. The lowest BCUT2D eigenvalue weighted by Crippen LogP contribution is -2.34. The van der Waals surface area contributed by atoms with E-state index in [9.17, 15) is 18.0 Å². The molecular weight excluding hydrogens is 371 g/mol. The highest BCUT2D eigenvalue weighted by molar-refractivity contribution is 5.64. The number of rotatable bonds is 3. The minimum Gasteiger partial charge on any atom is -0.317 e. The lowest BCUT2D eigenvalue weighted by atomic mass is 9.94. The lowest BCUT2D eigenvalue weighted by molar-refractivity contribution is -0.138. The van der Waals surface area contributed by atoms with Crippen LogP contribution in [0.3, 0.4) is 0 Å². The highest BCUT2D eigenvalue weighted by Gasteiger charge is 2.33. The molecule has 1 saturated heterocycles. The second-order valence-electron chi connectivity index (χ2n) is 6.77. The molecule has 3 aromatic rings. The zero-order valence-corrected chi connectivity index (χ0v) is 14.9. The monoisotopic (exact) mass is 389 g/mol. The zero-order valence-electron chi connectivity index (χ0n) is 14.9. The molecule has 3 heterocycles. The Kier molecular flexibility index (Phi) is 4.84. The quantitative estimate of drug-likeness (QED) is 0.746. The van der Waals surface area contributed by atoms with Crippen LogP contribution in [0, 0.1) is 0 Å². The Morgan fingerprint density at radius 2 is 1.82 bits per heavy atom. The van der Waals surface area contributed by atoms with E-state index in [1.807, 2.05) is 0 Å². The number of benzene rings is 1. The van der Waals surface area contributed by atoms with Crippen LogP contribution in [0.1, 0.15) is 35.6 Å². The van der Waals surface area contributed by atoms with Crippen molar-refractivity contribution in [2.24, 2.45) is 0 Å². The fourth-order valence-electron chi connectivity index (χ4n) is 3.60. The highest BCUT2D eigenvalue weighted by Crippen LogP contribution is 2.32. The van der Waals surface area contributed by atoms with Crippen LogP contribution >= 0.6 is 0 Å². The van der Waals surface area contributed by atoms with Crippen molar-refractivity contribution in [3.63, 3.8) is 0 Å². The first kappa shape index (κ1) is 18.5. The number of alkyl halides is 3. The molecule has 6 nitrogen and oxygen atoms in total. The molecule has 146 valence electrons. The van der Waals surface area contributed by atoms with Gasteiger partial charge in [0.1, 0.15) is 5.69 Å². The van der Waals surface area contributed by atoms with E-state index in [1.54, 1.807) is 0 Å². The summed E-state index contributed by atoms with van der Waals surface area (Å²) < 4.78 is 41.5. The predicted octanol–water partition coefficient (Wildman–Crippen LogP) is 2.72. The van der Waals surface area contributed by atoms with Gasteiger partial charge in [-0.3, -0.25) is 9.36 Å². The van der Waals surface area contributed by atoms with Crippen molar-refractivity contribution in [2.45, 2.75) is 31.5 Å². The summed E-state index contributed by atoms with van der Waals surface area (Å²) in [7, 11) is 0. The fraction of sp³-hybridized carbons (Fsp3) is 0.368. The molecule has 1 fully saturated rings. The van der Waals surface area contributed by atoms with Crippen LogP contribution < -0.4 is 10.9 Å². The Hall–Kier alpha value is -2.81. The second kappa shape index (κ2) is 7.31. The Balaban J connectivity index is 1.87. The topological polar surface area (TPSA) is 72.7 Å². The SMILES string of the molecule is O=c1c(C2CCNCC2)nc2nccnc2n1Cc1ccccc1C(F)(F)F. The summed E-state index contributed by atoms with van der Waals surface area (Å²) in [5.41, 5.74) is -0.371. The summed E-state index contributed by atoms with van der Waals surface area (Å²) in [6.07, 6.45) is -0.160. The van der Waals surface area contributed by atoms with Gasteiger partial charge in [-0.25, -0.2) is 15.0 Å². The summed E-state index contributed by atoms with van der Waals surface area (Å²) in [5.74, 6) is -0.0516. The Labute approximate surface area is 158 Å². The van der Waals surface area contributed by atoms with E-state index < -0.39 is 17.3 Å². The lowest BCUT2D eigenvalue weighted by Gasteiger charge is -2.22. The number of nitrogens with one attached hydrogen (secondary N) is 1. The Morgan fingerprint density at radius 1 is 1.11 bits per heavy atom. The zero-order chi connectivity index (χ0) is 19.7. The van der Waals surface area contributed by atoms with E-state index in [1.165, 1.54) is 35.2 Å². The van der Waals surface area contributed by atoms with Gasteiger partial charge in [0.25, 0.3) is 5.56 Å². The molecule has 0 saturated carbocycles. The van der Waals surface area contributed by atoms with Crippen molar-refractivity contribution >= 4 is 11.3 Å². The van der Waals surface area contributed by atoms with Crippen molar-refractivity contribution in [3.05, 3.63) is 63.8 Å². The first-order valence-electron chi connectivity index (χ1n) is 9.02. The number of nitrogens with zero attached hydrogens (tertiary/aromatic N) is 4. The minimum atomic E-state index is -4.51. The normalized spacial score (nSPS) is 15.8. The maximum absolute atomic E-state index is 13.4. The maximum Gasteiger partial charge on any atom is 0.416 e. The molecule has 1 aliphatic heterocycles. The number of fused-ring (bicyclic) bond motifs is 1. The summed E-state index contributed by atoms with van der Waals surface area (Å²) in [4.78, 5) is 25.9. The first-order chi connectivity index (χ1) is 13.4. The molecule has 2 aromatic heterocycles. The Bertz CT molecular complexity index is 1060. The maximum atomic E-state index is 13.4. The average molecular weight is 389 g/mol. The molecule has 0 aliphatic carbocycles. The van der Waals surface area contributed by atoms with Crippen molar-refractivity contribution in [3.8, 4) is 0 Å². The van der Waals surface area contributed by atoms with Crippen molar-refractivity contribution in [1.29, 1.82) is 0 Å². The van der Waals surface area contributed by atoms with Gasteiger partial charge in [-0.05, 0) is 37.6 Å². The van der Waals surface area contributed by atoms with Gasteiger partial charge in [0.05, 0.1) is 12.1 Å². The molecule has 9 heteroatoms. The molecule has 1 aromatic carbocycles. The van der Waals surface area contributed by atoms with Crippen LogP contribution in [0.4, 0.5) is 13.2 Å². The molecule has 0 radical (unpaired) electrons. The molecule has 0 unspecified atom stereocenters. The standard InChI is InChI=1S/C19H18F3N5O/c20-19(21,22)14-4-2-1-3-13(14)11-27-17-16(24-9-10-25-17)26-15(18(27)28)12-5-7-23-8-6-12/h1-4,9-10,12,23H,5-8,11H2. The molecular formula is C19H18F3N5O. The number of hydrogen-bond acceptors (Lipinski definition) is 5. The van der Waals surface area contributed by atoms with Crippen LogP contribution in [0.15, 0.2) is 41.5 Å². The highest BCUT2D eigenvalue weighted by atomic mass is 19.4. The van der Waals surface area contributed by atoms with Gasteiger partial charge in [0, 0.05) is 18.3 Å².